The number of benzene rings is 2. The average Bonchev–Trinajstić information content (AvgIpc) is 2.70. The highest BCUT2D eigenvalue weighted by molar-refractivity contribution is 6.33. The number of rotatable bonds is 5. The molecule has 4 amide bonds. The fraction of sp³-hybridized carbons (Fsp3) is 0.333. The van der Waals surface area contributed by atoms with Crippen LogP contribution in [-0.2, 0) is 0 Å². The van der Waals surface area contributed by atoms with Gasteiger partial charge < -0.3 is 10.2 Å². The van der Waals surface area contributed by atoms with Gasteiger partial charge in [-0.25, -0.2) is 10.4 Å². The van der Waals surface area contributed by atoms with Crippen molar-refractivity contribution in [3.05, 3.63) is 46.5 Å². The third-order valence-electron chi connectivity index (χ3n) is 5.43. The number of hydrogen-bond donors (Lipinski definition) is 3. The van der Waals surface area contributed by atoms with Crippen LogP contribution in [0.3, 0.4) is 0 Å². The van der Waals surface area contributed by atoms with Crippen molar-refractivity contribution in [3.63, 3.8) is 0 Å². The van der Waals surface area contributed by atoms with E-state index in [4.69, 9.17) is 0 Å². The molecule has 2 heterocycles. The van der Waals surface area contributed by atoms with Crippen LogP contribution in [0.1, 0.15) is 62.2 Å². The Morgan fingerprint density at radius 3 is 1.63 bits per heavy atom. The van der Waals surface area contributed by atoms with Gasteiger partial charge in [0, 0.05) is 28.4 Å². The molecular formula is C21H21N3O6. The van der Waals surface area contributed by atoms with Crippen LogP contribution >= 0.6 is 0 Å². The molecule has 30 heavy (non-hydrogen) atoms. The molecule has 0 saturated heterocycles. The van der Waals surface area contributed by atoms with Crippen LogP contribution in [0.5, 0.6) is 0 Å². The van der Waals surface area contributed by atoms with E-state index in [0.29, 0.717) is 0 Å². The molecule has 2 aromatic rings. The lowest BCUT2D eigenvalue weighted by Crippen LogP contribution is -2.55. The van der Waals surface area contributed by atoms with Gasteiger partial charge in [-0.05, 0) is 45.0 Å². The minimum absolute atomic E-state index is 0.00566. The monoisotopic (exact) mass is 411 g/mol. The summed E-state index contributed by atoms with van der Waals surface area (Å²) in [6.07, 6.45) is -0.779. The van der Waals surface area contributed by atoms with Gasteiger partial charge in [0.25, 0.3) is 23.6 Å². The van der Waals surface area contributed by atoms with E-state index in [1.165, 1.54) is 31.2 Å². The Bertz CT molecular complexity index is 1070. The van der Waals surface area contributed by atoms with Gasteiger partial charge in [0.05, 0.1) is 29.4 Å². The SMILES string of the molecule is CC(O)CNN1C(=O)c2ccc3c4c(ccc(c24)C1=O)C(=O)N(C(C)(C)CO)C3=O. The Morgan fingerprint density at radius 2 is 1.27 bits per heavy atom. The number of aliphatic hydroxyl groups is 2. The molecule has 2 aromatic carbocycles. The van der Waals surface area contributed by atoms with Crippen molar-refractivity contribution < 1.29 is 29.4 Å². The van der Waals surface area contributed by atoms with Gasteiger partial charge in [0.2, 0.25) is 0 Å². The molecule has 2 aliphatic rings. The zero-order valence-corrected chi connectivity index (χ0v) is 16.7. The van der Waals surface area contributed by atoms with Gasteiger partial charge in [0.1, 0.15) is 0 Å². The maximum Gasteiger partial charge on any atom is 0.275 e. The van der Waals surface area contributed by atoms with Gasteiger partial charge in [-0.2, -0.15) is 0 Å². The van der Waals surface area contributed by atoms with Crippen molar-refractivity contribution in [1.29, 1.82) is 0 Å². The van der Waals surface area contributed by atoms with E-state index < -0.39 is 41.9 Å². The van der Waals surface area contributed by atoms with E-state index >= 15 is 0 Å². The summed E-state index contributed by atoms with van der Waals surface area (Å²) in [5.74, 6) is -2.45. The Labute approximate surface area is 171 Å². The molecule has 4 rings (SSSR count). The molecule has 9 nitrogen and oxygen atoms in total. The Hall–Kier alpha value is -3.14. The summed E-state index contributed by atoms with van der Waals surface area (Å²) in [7, 11) is 0. The number of carbonyl (C=O) groups excluding carboxylic acids is 4. The predicted molar refractivity (Wildman–Crippen MR) is 106 cm³/mol. The molecule has 156 valence electrons. The summed E-state index contributed by atoms with van der Waals surface area (Å²) < 4.78 is 0. The second-order valence-corrected chi connectivity index (χ2v) is 8.14. The summed E-state index contributed by atoms with van der Waals surface area (Å²) in [4.78, 5) is 53.1. The number of carbonyl (C=O) groups is 4. The maximum absolute atomic E-state index is 13.1. The molecule has 0 aliphatic carbocycles. The minimum Gasteiger partial charge on any atom is -0.394 e. The number of hydrazine groups is 1. The lowest BCUT2D eigenvalue weighted by atomic mass is 9.85. The maximum atomic E-state index is 13.1. The first-order chi connectivity index (χ1) is 14.1. The molecule has 0 radical (unpaired) electrons. The lowest BCUT2D eigenvalue weighted by molar-refractivity contribution is 0.0305. The van der Waals surface area contributed by atoms with E-state index in [1.807, 2.05) is 0 Å². The first kappa shape index (κ1) is 20.1. The fourth-order valence-corrected chi connectivity index (χ4v) is 3.86. The number of imide groups is 2. The smallest absolute Gasteiger partial charge is 0.275 e. The van der Waals surface area contributed by atoms with Crippen molar-refractivity contribution in [2.24, 2.45) is 0 Å². The topological polar surface area (TPSA) is 127 Å². The zero-order chi connectivity index (χ0) is 22.0. The number of hydrogen-bond acceptors (Lipinski definition) is 7. The quantitative estimate of drug-likeness (QED) is 0.618. The molecule has 0 saturated carbocycles. The third-order valence-corrected chi connectivity index (χ3v) is 5.43. The highest BCUT2D eigenvalue weighted by atomic mass is 16.3. The Morgan fingerprint density at radius 1 is 0.867 bits per heavy atom. The lowest BCUT2D eigenvalue weighted by Gasteiger charge is -2.39. The minimum atomic E-state index is -1.13. The normalized spacial score (nSPS) is 17.2. The van der Waals surface area contributed by atoms with Crippen LogP contribution in [0, 0.1) is 0 Å². The van der Waals surface area contributed by atoms with Crippen molar-refractivity contribution in [2.45, 2.75) is 32.4 Å². The molecule has 0 aromatic heterocycles. The number of nitrogens with one attached hydrogen (secondary N) is 1. The van der Waals surface area contributed by atoms with Crippen LogP contribution in [-0.4, -0.2) is 68.5 Å². The Balaban J connectivity index is 1.93. The van der Waals surface area contributed by atoms with Crippen molar-refractivity contribution in [2.75, 3.05) is 13.2 Å². The first-order valence-corrected chi connectivity index (χ1v) is 9.50. The fourth-order valence-electron chi connectivity index (χ4n) is 3.86. The van der Waals surface area contributed by atoms with Crippen LogP contribution in [0.4, 0.5) is 0 Å². The van der Waals surface area contributed by atoms with Gasteiger partial charge in [0.15, 0.2) is 0 Å². The predicted octanol–water partition coefficient (Wildman–Crippen LogP) is 0.688. The summed E-state index contributed by atoms with van der Waals surface area (Å²) in [6.45, 7) is 4.25. The number of amides is 4. The summed E-state index contributed by atoms with van der Waals surface area (Å²) in [5.41, 5.74) is 2.25. The van der Waals surface area contributed by atoms with E-state index in [-0.39, 0.29) is 39.6 Å². The van der Waals surface area contributed by atoms with Crippen molar-refractivity contribution >= 4 is 34.4 Å². The van der Waals surface area contributed by atoms with Crippen LogP contribution in [0.15, 0.2) is 24.3 Å². The number of nitrogens with zero attached hydrogens (tertiary/aromatic N) is 2. The molecule has 1 atom stereocenters. The molecule has 3 N–H and O–H groups in total. The molecule has 9 heteroatoms. The highest BCUT2D eigenvalue weighted by Gasteiger charge is 2.44. The Kier molecular flexibility index (Phi) is 4.50. The third kappa shape index (κ3) is 2.67. The highest BCUT2D eigenvalue weighted by Crippen LogP contribution is 2.39. The van der Waals surface area contributed by atoms with E-state index in [1.54, 1.807) is 13.8 Å². The second-order valence-electron chi connectivity index (χ2n) is 8.14. The second kappa shape index (κ2) is 6.69. The number of aliphatic hydroxyl groups excluding tert-OH is 2. The molecule has 1 unspecified atom stereocenters. The molecular weight excluding hydrogens is 390 g/mol. The van der Waals surface area contributed by atoms with Crippen LogP contribution in [0.25, 0.3) is 10.8 Å². The summed E-state index contributed by atoms with van der Waals surface area (Å²) in [5, 5.41) is 20.5. The van der Waals surface area contributed by atoms with Gasteiger partial charge in [-0.1, -0.05) is 0 Å². The summed E-state index contributed by atoms with van der Waals surface area (Å²) >= 11 is 0. The molecule has 0 spiro atoms. The van der Waals surface area contributed by atoms with Gasteiger partial charge >= 0.3 is 0 Å². The van der Waals surface area contributed by atoms with Crippen molar-refractivity contribution in [1.82, 2.24) is 15.3 Å². The zero-order valence-electron chi connectivity index (χ0n) is 16.7. The molecule has 0 fully saturated rings. The van der Waals surface area contributed by atoms with Gasteiger partial charge in [-0.15, -0.1) is 0 Å². The standard InChI is InChI=1S/C21H21N3O6/c1-10(26)8-22-24-19(29)13-6-4-11-15-12(5-7-14(16(13)15)20(24)30)18(28)23(17(11)27)21(2,3)9-25/h4-7,10,22,25-26H,8-9H2,1-3H3. The van der Waals surface area contributed by atoms with E-state index in [2.05, 4.69) is 5.43 Å². The average molecular weight is 411 g/mol. The van der Waals surface area contributed by atoms with E-state index in [0.717, 1.165) is 9.91 Å². The van der Waals surface area contributed by atoms with Gasteiger partial charge in [-0.3, -0.25) is 24.1 Å². The van der Waals surface area contributed by atoms with Crippen molar-refractivity contribution in [3.8, 4) is 0 Å². The summed E-state index contributed by atoms with van der Waals surface area (Å²) in [6, 6.07) is 5.82. The van der Waals surface area contributed by atoms with Crippen LogP contribution in [0.2, 0.25) is 0 Å². The molecule has 2 aliphatic heterocycles. The first-order valence-electron chi connectivity index (χ1n) is 9.50. The van der Waals surface area contributed by atoms with Crippen LogP contribution < -0.4 is 5.43 Å². The van der Waals surface area contributed by atoms with E-state index in [9.17, 15) is 29.4 Å². The molecule has 0 bridgehead atoms. The largest absolute Gasteiger partial charge is 0.394 e.